The lowest BCUT2D eigenvalue weighted by Gasteiger charge is -2.09. The molecule has 0 N–H and O–H groups in total. The molecule has 134 valence electrons. The van der Waals surface area contributed by atoms with Crippen molar-refractivity contribution in [2.45, 2.75) is 24.6 Å². The number of esters is 1. The normalized spacial score (nSPS) is 10.8. The minimum Gasteiger partial charge on any atom is -0.421 e. The van der Waals surface area contributed by atoms with E-state index in [1.54, 1.807) is 30.5 Å². The zero-order valence-corrected chi connectivity index (χ0v) is 16.3. The fourth-order valence-corrected chi connectivity index (χ4v) is 3.81. The molecule has 3 aromatic rings. The molecule has 2 aromatic heterocycles. The predicted molar refractivity (Wildman–Crippen MR) is 101 cm³/mol. The Bertz CT molecular complexity index is 940. The van der Waals surface area contributed by atoms with Crippen LogP contribution in [0.3, 0.4) is 0 Å². The highest BCUT2D eigenvalue weighted by molar-refractivity contribution is 7.98. The van der Waals surface area contributed by atoms with Crippen LogP contribution in [0.25, 0.3) is 0 Å². The van der Waals surface area contributed by atoms with Crippen molar-refractivity contribution in [3.05, 3.63) is 69.2 Å². The maximum atomic E-state index is 12.6. The first-order valence-corrected chi connectivity index (χ1v) is 9.36. The van der Waals surface area contributed by atoms with E-state index in [-0.39, 0.29) is 10.8 Å². The van der Waals surface area contributed by atoms with Gasteiger partial charge >= 0.3 is 5.97 Å². The Labute approximate surface area is 164 Å². The van der Waals surface area contributed by atoms with Crippen molar-refractivity contribution in [3.8, 4) is 5.75 Å². The van der Waals surface area contributed by atoms with Crippen LogP contribution in [-0.4, -0.2) is 16.1 Å². The van der Waals surface area contributed by atoms with E-state index in [4.69, 9.17) is 32.5 Å². The Morgan fingerprint density at radius 1 is 1.27 bits per heavy atom. The summed E-state index contributed by atoms with van der Waals surface area (Å²) < 4.78 is 10.6. The zero-order valence-electron chi connectivity index (χ0n) is 14.0. The van der Waals surface area contributed by atoms with Crippen LogP contribution < -0.4 is 4.74 Å². The third-order valence-corrected chi connectivity index (χ3v) is 5.18. The monoisotopic (exact) mass is 408 g/mol. The summed E-state index contributed by atoms with van der Waals surface area (Å²) in [5.41, 5.74) is 2.17. The second kappa shape index (κ2) is 8.12. The molecule has 0 saturated heterocycles. The van der Waals surface area contributed by atoms with Crippen molar-refractivity contribution < 1.29 is 14.1 Å². The summed E-state index contributed by atoms with van der Waals surface area (Å²) in [6.07, 6.45) is 1.63. The highest BCUT2D eigenvalue weighted by Crippen LogP contribution is 2.30. The smallest absolute Gasteiger partial charge is 0.346 e. The highest BCUT2D eigenvalue weighted by atomic mass is 35.5. The molecule has 0 saturated carbocycles. The SMILES string of the molecule is Cc1noc(C)c1CSc1ncccc1C(=O)Oc1ccc(Cl)cc1Cl. The molecule has 0 fully saturated rings. The molecule has 26 heavy (non-hydrogen) atoms. The largest absolute Gasteiger partial charge is 0.421 e. The maximum Gasteiger partial charge on any atom is 0.346 e. The van der Waals surface area contributed by atoms with Crippen LogP contribution >= 0.6 is 35.0 Å². The number of rotatable bonds is 5. The van der Waals surface area contributed by atoms with E-state index in [0.29, 0.717) is 21.4 Å². The summed E-state index contributed by atoms with van der Waals surface area (Å²) in [5.74, 6) is 1.04. The molecule has 0 aliphatic heterocycles. The van der Waals surface area contributed by atoms with Crippen molar-refractivity contribution in [2.24, 2.45) is 0 Å². The van der Waals surface area contributed by atoms with Crippen LogP contribution in [0.4, 0.5) is 0 Å². The molecule has 2 heterocycles. The molecule has 0 spiro atoms. The molecule has 0 aliphatic carbocycles. The topological polar surface area (TPSA) is 65.2 Å². The van der Waals surface area contributed by atoms with Gasteiger partial charge in [-0.3, -0.25) is 0 Å². The minimum absolute atomic E-state index is 0.242. The minimum atomic E-state index is -0.538. The molecule has 5 nitrogen and oxygen atoms in total. The molecule has 0 atom stereocenters. The van der Waals surface area contributed by atoms with Gasteiger partial charge in [0.05, 0.1) is 16.3 Å². The van der Waals surface area contributed by atoms with E-state index >= 15 is 0 Å². The number of halogens is 2. The van der Waals surface area contributed by atoms with Crippen molar-refractivity contribution in [1.29, 1.82) is 0 Å². The molecule has 8 heteroatoms. The Hall–Kier alpha value is -2.02. The number of thioether (sulfide) groups is 1. The van der Waals surface area contributed by atoms with Gasteiger partial charge in [0.1, 0.15) is 16.5 Å². The van der Waals surface area contributed by atoms with Gasteiger partial charge < -0.3 is 9.26 Å². The van der Waals surface area contributed by atoms with E-state index in [1.807, 2.05) is 13.8 Å². The van der Waals surface area contributed by atoms with Crippen LogP contribution in [0, 0.1) is 13.8 Å². The Kier molecular flexibility index (Phi) is 5.86. The number of aryl methyl sites for hydroxylation is 2. The van der Waals surface area contributed by atoms with Gasteiger partial charge in [0.15, 0.2) is 0 Å². The fraction of sp³-hybridized carbons (Fsp3) is 0.167. The number of carbonyl (C=O) groups is 1. The number of hydrogen-bond donors (Lipinski definition) is 0. The highest BCUT2D eigenvalue weighted by Gasteiger charge is 2.18. The van der Waals surface area contributed by atoms with Crippen molar-refractivity contribution in [1.82, 2.24) is 10.1 Å². The quantitative estimate of drug-likeness (QED) is 0.315. The number of ether oxygens (including phenoxy) is 1. The second-order valence-electron chi connectivity index (χ2n) is 5.41. The first kappa shape index (κ1) is 18.8. The molecule has 0 radical (unpaired) electrons. The van der Waals surface area contributed by atoms with E-state index in [1.165, 1.54) is 17.8 Å². The summed E-state index contributed by atoms with van der Waals surface area (Å²) in [5, 5.41) is 5.22. The number of aromatic nitrogens is 2. The third-order valence-electron chi connectivity index (χ3n) is 3.62. The molecule has 0 unspecified atom stereocenters. The Morgan fingerprint density at radius 3 is 2.77 bits per heavy atom. The molecular weight excluding hydrogens is 395 g/mol. The van der Waals surface area contributed by atoms with Crippen molar-refractivity contribution in [3.63, 3.8) is 0 Å². The number of nitrogens with zero attached hydrogens (tertiary/aromatic N) is 2. The molecule has 0 amide bonds. The first-order valence-electron chi connectivity index (χ1n) is 7.62. The summed E-state index contributed by atoms with van der Waals surface area (Å²) in [6, 6.07) is 8.01. The van der Waals surface area contributed by atoms with E-state index in [0.717, 1.165) is 17.0 Å². The van der Waals surface area contributed by atoms with Crippen LogP contribution in [-0.2, 0) is 5.75 Å². The van der Waals surface area contributed by atoms with Crippen molar-refractivity contribution >= 4 is 40.9 Å². The van der Waals surface area contributed by atoms with E-state index < -0.39 is 5.97 Å². The predicted octanol–water partition coefficient (Wildman–Crippen LogP) is 5.50. The molecule has 3 rings (SSSR count). The van der Waals surface area contributed by atoms with Gasteiger partial charge in [0.25, 0.3) is 0 Å². The average molecular weight is 409 g/mol. The molecule has 1 aromatic carbocycles. The number of carbonyl (C=O) groups excluding carboxylic acids is 1. The Balaban J connectivity index is 1.79. The lowest BCUT2D eigenvalue weighted by atomic mass is 10.2. The molecule has 0 aliphatic rings. The van der Waals surface area contributed by atoms with E-state index in [2.05, 4.69) is 10.1 Å². The van der Waals surface area contributed by atoms with E-state index in [9.17, 15) is 4.79 Å². The summed E-state index contributed by atoms with van der Waals surface area (Å²) in [6.45, 7) is 3.73. The molecule has 0 bridgehead atoms. The van der Waals surface area contributed by atoms with Gasteiger partial charge in [-0.05, 0) is 44.2 Å². The molecular formula is C18H14Cl2N2O3S. The lowest BCUT2D eigenvalue weighted by molar-refractivity contribution is 0.0730. The lowest BCUT2D eigenvalue weighted by Crippen LogP contribution is -2.11. The number of hydrogen-bond acceptors (Lipinski definition) is 6. The summed E-state index contributed by atoms with van der Waals surface area (Å²) in [4.78, 5) is 16.9. The van der Waals surface area contributed by atoms with Crippen LogP contribution in [0.1, 0.15) is 27.4 Å². The Morgan fingerprint density at radius 2 is 2.08 bits per heavy atom. The summed E-state index contributed by atoms with van der Waals surface area (Å²) in [7, 11) is 0. The van der Waals surface area contributed by atoms with Crippen LogP contribution in [0.15, 0.2) is 46.1 Å². The second-order valence-corrected chi connectivity index (χ2v) is 7.22. The third kappa shape index (κ3) is 4.20. The number of benzene rings is 1. The van der Waals surface area contributed by atoms with Crippen LogP contribution in [0.5, 0.6) is 5.75 Å². The standard InChI is InChI=1S/C18H14Cl2N2O3S/c1-10-14(11(2)25-22-10)9-26-17-13(4-3-7-21-17)18(23)24-16-6-5-12(19)8-15(16)20/h3-8H,9H2,1-2H3. The van der Waals surface area contributed by atoms with Crippen molar-refractivity contribution in [2.75, 3.05) is 0 Å². The van der Waals surface area contributed by atoms with Gasteiger partial charge in [-0.15, -0.1) is 11.8 Å². The van der Waals surface area contributed by atoms with Gasteiger partial charge in [-0.25, -0.2) is 9.78 Å². The van der Waals surface area contributed by atoms with Crippen LogP contribution in [0.2, 0.25) is 10.0 Å². The van der Waals surface area contributed by atoms with Gasteiger partial charge in [0.2, 0.25) is 0 Å². The zero-order chi connectivity index (χ0) is 18.7. The van der Waals surface area contributed by atoms with Gasteiger partial charge in [-0.2, -0.15) is 0 Å². The first-order chi connectivity index (χ1) is 12.5. The maximum absolute atomic E-state index is 12.6. The van der Waals surface area contributed by atoms with Gasteiger partial charge in [-0.1, -0.05) is 28.4 Å². The fourth-order valence-electron chi connectivity index (χ4n) is 2.22. The number of pyridine rings is 1. The van der Waals surface area contributed by atoms with Gasteiger partial charge in [0, 0.05) is 22.5 Å². The average Bonchev–Trinajstić information content (AvgIpc) is 2.94. The summed E-state index contributed by atoms with van der Waals surface area (Å²) >= 11 is 13.3.